The summed E-state index contributed by atoms with van der Waals surface area (Å²) in [6.45, 7) is 3.77. The van der Waals surface area contributed by atoms with Crippen molar-refractivity contribution in [3.8, 4) is 17.3 Å². The molecule has 0 saturated heterocycles. The number of hydrogen-bond donors (Lipinski definition) is 2. The van der Waals surface area contributed by atoms with Crippen molar-refractivity contribution in [2.45, 2.75) is 13.8 Å². The van der Waals surface area contributed by atoms with E-state index in [4.69, 9.17) is 34.4 Å². The van der Waals surface area contributed by atoms with Gasteiger partial charge in [0, 0.05) is 5.56 Å². The van der Waals surface area contributed by atoms with Crippen molar-refractivity contribution >= 4 is 22.0 Å². The lowest BCUT2D eigenvalue weighted by atomic mass is 10.0. The highest BCUT2D eigenvalue weighted by atomic mass is 35.5. The van der Waals surface area contributed by atoms with Gasteiger partial charge in [-0.15, -0.1) is 0 Å². The van der Waals surface area contributed by atoms with E-state index in [1.807, 2.05) is 44.2 Å². The van der Waals surface area contributed by atoms with E-state index in [1.54, 1.807) is 0 Å². The minimum atomic E-state index is -4.67. The standard InChI is InChI=1S/C14H11ClN2.H2O4S/c1-9-10(2)13(15)14(17-12(9)8-16)11-6-4-3-5-7-11;1-5(2,3)4/h3-7H,1-2H3;(H2,1,2,3,4). The fourth-order valence-corrected chi connectivity index (χ4v) is 1.95. The van der Waals surface area contributed by atoms with Gasteiger partial charge in [-0.2, -0.15) is 13.7 Å². The smallest absolute Gasteiger partial charge is 0.264 e. The van der Waals surface area contributed by atoms with Crippen molar-refractivity contribution < 1.29 is 17.5 Å². The van der Waals surface area contributed by atoms with Crippen LogP contribution in [0.5, 0.6) is 0 Å². The molecule has 8 heteroatoms. The van der Waals surface area contributed by atoms with Crippen LogP contribution in [0, 0.1) is 25.2 Å². The first-order valence-corrected chi connectivity index (χ1v) is 7.74. The Kier molecular flexibility index (Phi) is 6.02. The van der Waals surface area contributed by atoms with Gasteiger partial charge in [-0.1, -0.05) is 41.9 Å². The topological polar surface area (TPSA) is 111 Å². The third kappa shape index (κ3) is 5.09. The summed E-state index contributed by atoms with van der Waals surface area (Å²) in [7, 11) is -4.67. The summed E-state index contributed by atoms with van der Waals surface area (Å²) in [4.78, 5) is 4.33. The Hall–Kier alpha value is -1.98. The summed E-state index contributed by atoms with van der Waals surface area (Å²) in [6, 6.07) is 11.8. The Morgan fingerprint density at radius 1 is 1.14 bits per heavy atom. The predicted octanol–water partition coefficient (Wildman–Crippen LogP) is 3.24. The van der Waals surface area contributed by atoms with Crippen molar-refractivity contribution in [2.75, 3.05) is 0 Å². The maximum Gasteiger partial charge on any atom is 0.394 e. The van der Waals surface area contributed by atoms with Crippen LogP contribution in [0.25, 0.3) is 11.3 Å². The molecule has 0 aliphatic rings. The molecule has 0 bridgehead atoms. The first kappa shape index (κ1) is 18.1. The van der Waals surface area contributed by atoms with Crippen LogP contribution in [0.15, 0.2) is 30.3 Å². The van der Waals surface area contributed by atoms with E-state index < -0.39 is 10.4 Å². The molecule has 0 spiro atoms. The van der Waals surface area contributed by atoms with Crippen molar-refractivity contribution in [1.29, 1.82) is 5.26 Å². The van der Waals surface area contributed by atoms with Crippen molar-refractivity contribution in [2.24, 2.45) is 0 Å². The first-order valence-electron chi connectivity index (χ1n) is 5.97. The molecule has 2 N–H and O–H groups in total. The van der Waals surface area contributed by atoms with Crippen LogP contribution in [-0.2, 0) is 10.4 Å². The summed E-state index contributed by atoms with van der Waals surface area (Å²) in [6.07, 6.45) is 0. The molecule has 22 heavy (non-hydrogen) atoms. The average molecular weight is 341 g/mol. The molecule has 6 nitrogen and oxygen atoms in total. The third-order valence-corrected chi connectivity index (χ3v) is 3.29. The van der Waals surface area contributed by atoms with Crippen LogP contribution in [0.4, 0.5) is 0 Å². The summed E-state index contributed by atoms with van der Waals surface area (Å²) in [5, 5.41) is 9.67. The highest BCUT2D eigenvalue weighted by molar-refractivity contribution is 7.79. The summed E-state index contributed by atoms with van der Waals surface area (Å²) < 4.78 is 31.6. The maximum absolute atomic E-state index is 9.05. The zero-order valence-corrected chi connectivity index (χ0v) is 13.4. The number of pyridine rings is 1. The molecule has 0 unspecified atom stereocenters. The van der Waals surface area contributed by atoms with Crippen LogP contribution < -0.4 is 0 Å². The van der Waals surface area contributed by atoms with Gasteiger partial charge in [0.2, 0.25) is 0 Å². The summed E-state index contributed by atoms with van der Waals surface area (Å²) in [5.74, 6) is 0. The number of nitriles is 1. The SMILES string of the molecule is Cc1c(C#N)nc(-c2ccccc2)c(Cl)c1C.O=S(=O)(O)O. The van der Waals surface area contributed by atoms with E-state index in [1.165, 1.54) is 0 Å². The highest BCUT2D eigenvalue weighted by Gasteiger charge is 2.13. The second-order valence-corrected chi connectivity index (χ2v) is 5.57. The Labute approximate surface area is 133 Å². The lowest BCUT2D eigenvalue weighted by Gasteiger charge is -2.10. The minimum absolute atomic E-state index is 0.436. The minimum Gasteiger partial charge on any atom is -0.264 e. The van der Waals surface area contributed by atoms with Crippen molar-refractivity contribution in [1.82, 2.24) is 4.98 Å². The van der Waals surface area contributed by atoms with Crippen LogP contribution in [-0.4, -0.2) is 22.5 Å². The summed E-state index contributed by atoms with van der Waals surface area (Å²) in [5.41, 5.74) is 3.80. The van der Waals surface area contributed by atoms with Gasteiger partial charge in [0.05, 0.1) is 10.7 Å². The van der Waals surface area contributed by atoms with Crippen LogP contribution in [0.1, 0.15) is 16.8 Å². The van der Waals surface area contributed by atoms with E-state index in [-0.39, 0.29) is 0 Å². The molecule has 0 aliphatic carbocycles. The molecule has 2 aromatic rings. The van der Waals surface area contributed by atoms with Crippen molar-refractivity contribution in [3.05, 3.63) is 52.2 Å². The van der Waals surface area contributed by atoms with Crippen molar-refractivity contribution in [3.63, 3.8) is 0 Å². The Balaban J connectivity index is 0.000000422. The van der Waals surface area contributed by atoms with E-state index in [9.17, 15) is 0 Å². The molecule has 0 saturated carbocycles. The van der Waals surface area contributed by atoms with E-state index in [0.29, 0.717) is 16.4 Å². The first-order chi connectivity index (χ1) is 10.1. The maximum atomic E-state index is 9.05. The quantitative estimate of drug-likeness (QED) is 0.771. The fourth-order valence-electron chi connectivity index (χ4n) is 1.66. The van der Waals surface area contributed by atoms with Gasteiger partial charge in [-0.25, -0.2) is 4.98 Å². The Morgan fingerprint density at radius 3 is 2.09 bits per heavy atom. The van der Waals surface area contributed by atoms with E-state index in [0.717, 1.165) is 16.7 Å². The molecule has 0 amide bonds. The molecule has 1 aromatic heterocycles. The number of aromatic nitrogens is 1. The van der Waals surface area contributed by atoms with Crippen LogP contribution in [0.2, 0.25) is 5.02 Å². The van der Waals surface area contributed by atoms with Gasteiger partial charge in [0.25, 0.3) is 0 Å². The monoisotopic (exact) mass is 340 g/mol. The van der Waals surface area contributed by atoms with Gasteiger partial charge >= 0.3 is 10.4 Å². The fraction of sp³-hybridized carbons (Fsp3) is 0.143. The summed E-state index contributed by atoms with van der Waals surface area (Å²) >= 11 is 6.29. The Morgan fingerprint density at radius 2 is 1.64 bits per heavy atom. The zero-order valence-electron chi connectivity index (χ0n) is 11.8. The van der Waals surface area contributed by atoms with Gasteiger partial charge in [0.1, 0.15) is 11.8 Å². The number of hydrogen-bond acceptors (Lipinski definition) is 4. The zero-order chi connectivity index (χ0) is 16.9. The third-order valence-electron chi connectivity index (χ3n) is 2.83. The lowest BCUT2D eigenvalue weighted by molar-refractivity contribution is 0.381. The average Bonchev–Trinajstić information content (AvgIpc) is 2.44. The van der Waals surface area contributed by atoms with E-state index in [2.05, 4.69) is 11.1 Å². The number of halogens is 1. The molecule has 1 heterocycles. The second kappa shape index (κ2) is 7.33. The van der Waals surface area contributed by atoms with Gasteiger partial charge in [0.15, 0.2) is 0 Å². The molecule has 0 fully saturated rings. The number of rotatable bonds is 1. The normalized spacial score (nSPS) is 10.4. The highest BCUT2D eigenvalue weighted by Crippen LogP contribution is 2.31. The Bertz CT molecular complexity index is 807. The molecular weight excluding hydrogens is 328 g/mol. The number of benzene rings is 1. The predicted molar refractivity (Wildman–Crippen MR) is 83.0 cm³/mol. The molecular formula is C14H13ClN2O4S. The molecule has 0 atom stereocenters. The molecule has 2 rings (SSSR count). The van der Waals surface area contributed by atoms with E-state index >= 15 is 0 Å². The lowest BCUT2D eigenvalue weighted by Crippen LogP contribution is -1.97. The molecule has 0 aliphatic heterocycles. The van der Waals surface area contributed by atoms with Gasteiger partial charge < -0.3 is 0 Å². The van der Waals surface area contributed by atoms with Crippen LogP contribution >= 0.6 is 11.6 Å². The number of nitrogens with zero attached hydrogens (tertiary/aromatic N) is 2. The molecule has 116 valence electrons. The largest absolute Gasteiger partial charge is 0.394 e. The molecule has 0 radical (unpaired) electrons. The van der Waals surface area contributed by atoms with Crippen LogP contribution in [0.3, 0.4) is 0 Å². The second-order valence-electron chi connectivity index (χ2n) is 4.30. The van der Waals surface area contributed by atoms with Gasteiger partial charge in [-0.05, 0) is 25.0 Å². The molecule has 1 aromatic carbocycles. The van der Waals surface area contributed by atoms with Gasteiger partial charge in [-0.3, -0.25) is 9.11 Å².